The van der Waals surface area contributed by atoms with Crippen LogP contribution < -0.4 is 4.74 Å². The highest BCUT2D eigenvalue weighted by Gasteiger charge is 2.31. The predicted molar refractivity (Wildman–Crippen MR) is 108 cm³/mol. The molecule has 1 saturated heterocycles. The Morgan fingerprint density at radius 2 is 1.93 bits per heavy atom. The lowest BCUT2D eigenvalue weighted by Crippen LogP contribution is -2.38. The molecule has 2 N–H and O–H groups in total. The zero-order chi connectivity index (χ0) is 19.7. The third-order valence-electron chi connectivity index (χ3n) is 5.18. The van der Waals surface area contributed by atoms with Crippen molar-refractivity contribution in [2.45, 2.75) is 45.3 Å². The first-order valence-electron chi connectivity index (χ1n) is 9.82. The molecule has 0 saturated carbocycles. The summed E-state index contributed by atoms with van der Waals surface area (Å²) in [5.41, 5.74) is 1.08. The summed E-state index contributed by atoms with van der Waals surface area (Å²) in [6.07, 6.45) is 1.94. The van der Waals surface area contributed by atoms with Crippen molar-refractivity contribution in [2.24, 2.45) is 0 Å². The smallest absolute Gasteiger partial charge is 0.230 e. The van der Waals surface area contributed by atoms with Crippen LogP contribution in [0.3, 0.4) is 0 Å². The van der Waals surface area contributed by atoms with Crippen molar-refractivity contribution in [1.29, 1.82) is 0 Å². The minimum Gasteiger partial charge on any atom is -0.494 e. The van der Waals surface area contributed by atoms with Gasteiger partial charge in [0.15, 0.2) is 5.82 Å². The van der Waals surface area contributed by atoms with E-state index in [0.29, 0.717) is 11.6 Å². The summed E-state index contributed by atoms with van der Waals surface area (Å²) >= 11 is 1.48. The Kier molecular flexibility index (Phi) is 5.52. The molecule has 1 aromatic carbocycles. The van der Waals surface area contributed by atoms with E-state index < -0.39 is 0 Å². The monoisotopic (exact) mass is 402 g/mol. The van der Waals surface area contributed by atoms with E-state index in [4.69, 9.17) is 4.74 Å². The number of aromatic nitrogens is 3. The summed E-state index contributed by atoms with van der Waals surface area (Å²) in [7, 11) is 0. The molecular formula is C20H26N4O3S. The topological polar surface area (TPSA) is 83.1 Å². The number of benzene rings is 1. The highest BCUT2D eigenvalue weighted by atomic mass is 32.1. The quantitative estimate of drug-likeness (QED) is 0.660. The average Bonchev–Trinajstić information content (AvgIpc) is 3.24. The van der Waals surface area contributed by atoms with Gasteiger partial charge in [0.05, 0.1) is 23.6 Å². The Morgan fingerprint density at radius 1 is 1.21 bits per heavy atom. The second-order valence-corrected chi connectivity index (χ2v) is 8.05. The third kappa shape index (κ3) is 3.59. The van der Waals surface area contributed by atoms with Gasteiger partial charge in [-0.2, -0.15) is 4.52 Å². The second-order valence-electron chi connectivity index (χ2n) is 7.04. The normalized spacial score (nSPS) is 17.2. The van der Waals surface area contributed by atoms with Crippen LogP contribution in [-0.2, 0) is 6.42 Å². The summed E-state index contributed by atoms with van der Waals surface area (Å²) in [5, 5.41) is 25.3. The number of hydrogen-bond donors (Lipinski definition) is 2. The van der Waals surface area contributed by atoms with E-state index in [1.165, 1.54) is 11.3 Å². The number of ether oxygens (including phenoxy) is 1. The number of likely N-dealkylation sites (tertiary alicyclic amines) is 1. The van der Waals surface area contributed by atoms with E-state index in [0.717, 1.165) is 54.4 Å². The van der Waals surface area contributed by atoms with Crippen LogP contribution in [0.1, 0.15) is 49.0 Å². The molecule has 0 radical (unpaired) electrons. The molecule has 0 bridgehead atoms. The molecule has 0 aliphatic carbocycles. The number of thiazole rings is 1. The van der Waals surface area contributed by atoms with Crippen LogP contribution in [0.2, 0.25) is 0 Å². The van der Waals surface area contributed by atoms with Crippen LogP contribution in [0.4, 0.5) is 0 Å². The zero-order valence-electron chi connectivity index (χ0n) is 16.2. The zero-order valence-corrected chi connectivity index (χ0v) is 17.0. The average molecular weight is 403 g/mol. The molecular weight excluding hydrogens is 376 g/mol. The number of aliphatic hydroxyl groups excluding tert-OH is 1. The molecule has 2 aromatic heterocycles. The third-order valence-corrected chi connectivity index (χ3v) is 6.25. The van der Waals surface area contributed by atoms with Crippen LogP contribution >= 0.6 is 11.3 Å². The van der Waals surface area contributed by atoms with Gasteiger partial charge in [0.25, 0.3) is 0 Å². The number of rotatable bonds is 6. The number of aromatic hydroxyl groups is 1. The molecule has 0 amide bonds. The van der Waals surface area contributed by atoms with Gasteiger partial charge in [-0.25, -0.2) is 4.98 Å². The van der Waals surface area contributed by atoms with Crippen molar-refractivity contribution in [3.8, 4) is 11.6 Å². The lowest BCUT2D eigenvalue weighted by atomic mass is 9.99. The number of nitrogens with zero attached hydrogens (tertiary/aromatic N) is 4. The molecule has 28 heavy (non-hydrogen) atoms. The van der Waals surface area contributed by atoms with Crippen molar-refractivity contribution in [3.63, 3.8) is 0 Å². The Balaban J connectivity index is 1.74. The fraction of sp³-hybridized carbons (Fsp3) is 0.500. The number of fused-ring (bicyclic) bond motifs is 1. The van der Waals surface area contributed by atoms with E-state index in [1.807, 2.05) is 38.1 Å². The molecule has 0 spiro atoms. The number of piperidine rings is 1. The van der Waals surface area contributed by atoms with Crippen LogP contribution in [0.15, 0.2) is 24.3 Å². The first kappa shape index (κ1) is 19.2. The maximum absolute atomic E-state index is 10.9. The second kappa shape index (κ2) is 8.06. The molecule has 1 fully saturated rings. The Hall–Kier alpha value is -2.16. The lowest BCUT2D eigenvalue weighted by Gasteiger charge is -2.36. The van der Waals surface area contributed by atoms with Crippen LogP contribution in [0.5, 0.6) is 11.6 Å². The summed E-state index contributed by atoms with van der Waals surface area (Å²) in [6, 6.07) is 7.92. The fourth-order valence-corrected chi connectivity index (χ4v) is 4.84. The minimum absolute atomic E-state index is 0.109. The van der Waals surface area contributed by atoms with Gasteiger partial charge in [-0.1, -0.05) is 30.4 Å². The first-order valence-corrected chi connectivity index (χ1v) is 10.6. The SMILES string of the molecule is CCOc1ccc(C(c2sc3nc(CC)nn3c2O)N2CCC(O)CC2)cc1. The van der Waals surface area contributed by atoms with Gasteiger partial charge in [-0.15, -0.1) is 5.10 Å². The Bertz CT molecular complexity index is 929. The standard InChI is InChI=1S/C20H26N4O3S/c1-3-16-21-20-24(22-16)19(26)18(28-20)17(23-11-9-14(25)10-12-23)13-5-7-15(8-6-13)27-4-2/h5-8,14,17,25-26H,3-4,9-12H2,1-2H3. The van der Waals surface area contributed by atoms with Crippen LogP contribution in [0, 0.1) is 0 Å². The molecule has 1 aliphatic rings. The number of aliphatic hydroxyl groups is 1. The van der Waals surface area contributed by atoms with Gasteiger partial charge >= 0.3 is 0 Å². The van der Waals surface area contributed by atoms with Gasteiger partial charge in [0.1, 0.15) is 5.75 Å². The summed E-state index contributed by atoms with van der Waals surface area (Å²) in [4.78, 5) is 8.37. The highest BCUT2D eigenvalue weighted by molar-refractivity contribution is 7.17. The highest BCUT2D eigenvalue weighted by Crippen LogP contribution is 2.41. The van der Waals surface area contributed by atoms with Gasteiger partial charge in [0, 0.05) is 19.5 Å². The Labute approximate surface area is 168 Å². The first-order chi connectivity index (χ1) is 13.6. The van der Waals surface area contributed by atoms with E-state index in [2.05, 4.69) is 15.0 Å². The molecule has 1 aliphatic heterocycles. The summed E-state index contributed by atoms with van der Waals surface area (Å²) in [5.74, 6) is 1.71. The minimum atomic E-state index is -0.250. The summed E-state index contributed by atoms with van der Waals surface area (Å²) in [6.45, 7) is 6.13. The fourth-order valence-electron chi connectivity index (χ4n) is 3.70. The molecule has 150 valence electrons. The predicted octanol–water partition coefficient (Wildman–Crippen LogP) is 3.00. The molecule has 1 unspecified atom stereocenters. The summed E-state index contributed by atoms with van der Waals surface area (Å²) < 4.78 is 7.11. The van der Waals surface area contributed by atoms with Gasteiger partial charge < -0.3 is 14.9 Å². The van der Waals surface area contributed by atoms with Gasteiger partial charge in [-0.3, -0.25) is 4.90 Å². The van der Waals surface area contributed by atoms with Crippen molar-refractivity contribution < 1.29 is 14.9 Å². The molecule has 3 aromatic rings. The maximum atomic E-state index is 10.9. The van der Waals surface area contributed by atoms with Crippen LogP contribution in [0.25, 0.3) is 4.96 Å². The Morgan fingerprint density at radius 3 is 2.54 bits per heavy atom. The molecule has 1 atom stereocenters. The number of hydrogen-bond acceptors (Lipinski definition) is 7. The van der Waals surface area contributed by atoms with Crippen LogP contribution in [-0.4, -0.2) is 55.5 Å². The number of aryl methyl sites for hydroxylation is 1. The van der Waals surface area contributed by atoms with Gasteiger partial charge in [-0.05, 0) is 37.5 Å². The van der Waals surface area contributed by atoms with Crippen molar-refractivity contribution in [2.75, 3.05) is 19.7 Å². The van der Waals surface area contributed by atoms with Crippen molar-refractivity contribution in [1.82, 2.24) is 19.5 Å². The van der Waals surface area contributed by atoms with Gasteiger partial charge in [0.2, 0.25) is 10.8 Å². The molecule has 3 heterocycles. The van der Waals surface area contributed by atoms with Crippen molar-refractivity contribution >= 4 is 16.3 Å². The van der Waals surface area contributed by atoms with E-state index in [-0.39, 0.29) is 18.0 Å². The van der Waals surface area contributed by atoms with E-state index >= 15 is 0 Å². The lowest BCUT2D eigenvalue weighted by molar-refractivity contribution is 0.0689. The van der Waals surface area contributed by atoms with Crippen molar-refractivity contribution in [3.05, 3.63) is 40.5 Å². The van der Waals surface area contributed by atoms with E-state index in [1.54, 1.807) is 4.52 Å². The molecule has 8 heteroatoms. The molecule has 7 nitrogen and oxygen atoms in total. The maximum Gasteiger partial charge on any atom is 0.230 e. The van der Waals surface area contributed by atoms with E-state index in [9.17, 15) is 10.2 Å². The molecule has 4 rings (SSSR count). The largest absolute Gasteiger partial charge is 0.494 e.